The Kier molecular flexibility index (Phi) is 8.57. The van der Waals surface area contributed by atoms with E-state index in [0.717, 1.165) is 17.4 Å². The highest BCUT2D eigenvalue weighted by Crippen LogP contribution is 2.44. The molecular weight excluding hydrogens is 426 g/mol. The van der Waals surface area contributed by atoms with Crippen LogP contribution >= 0.6 is 0 Å². The third-order valence-electron chi connectivity index (χ3n) is 8.62. The van der Waals surface area contributed by atoms with Gasteiger partial charge in [0.2, 0.25) is 0 Å². The van der Waals surface area contributed by atoms with Crippen molar-refractivity contribution in [3.8, 4) is 0 Å². The van der Waals surface area contributed by atoms with Gasteiger partial charge in [-0.15, -0.1) is 0 Å². The molecule has 1 heterocycles. The van der Waals surface area contributed by atoms with Crippen molar-refractivity contribution in [2.24, 2.45) is 17.8 Å². The zero-order valence-corrected chi connectivity index (χ0v) is 21.2. The molecule has 1 aliphatic carbocycles. The molecule has 4 rings (SSSR count). The molecule has 0 amide bonds. The quantitative estimate of drug-likeness (QED) is 0.269. The molecule has 2 aromatic carbocycles. The van der Waals surface area contributed by atoms with Gasteiger partial charge in [0.1, 0.15) is 0 Å². The summed E-state index contributed by atoms with van der Waals surface area (Å²) >= 11 is 0. The Morgan fingerprint density at radius 2 is 1.52 bits per heavy atom. The number of benzene rings is 2. The predicted octanol–water partition coefficient (Wildman–Crippen LogP) is 8.74. The minimum atomic E-state index is -1.34. The summed E-state index contributed by atoms with van der Waals surface area (Å²) in [5.41, 5.74) is 0.758. The van der Waals surface area contributed by atoms with Gasteiger partial charge >= 0.3 is 0 Å². The fourth-order valence-corrected chi connectivity index (χ4v) is 11.8. The van der Waals surface area contributed by atoms with Crippen molar-refractivity contribution in [1.82, 2.24) is 0 Å². The third-order valence-corrected chi connectivity index (χ3v) is 14.0. The molecule has 1 aliphatic heterocycles. The third kappa shape index (κ3) is 6.23. The normalized spacial score (nSPS) is 28.3. The lowest BCUT2D eigenvalue weighted by Crippen LogP contribution is -2.50. The first-order valence-electron chi connectivity index (χ1n) is 13.3. The molecule has 2 aromatic rings. The second-order valence-electron chi connectivity index (χ2n) is 10.6. The molecule has 2 fully saturated rings. The van der Waals surface area contributed by atoms with Crippen molar-refractivity contribution in [1.29, 1.82) is 0 Å². The van der Waals surface area contributed by atoms with Crippen LogP contribution in [0.15, 0.2) is 54.6 Å². The first kappa shape index (κ1) is 24.4. The molecule has 1 saturated heterocycles. The Hall–Kier alpha value is -1.74. The van der Waals surface area contributed by atoms with E-state index in [1.807, 2.05) is 6.08 Å². The molecule has 0 radical (unpaired) electrons. The van der Waals surface area contributed by atoms with E-state index in [0.29, 0.717) is 5.92 Å². The van der Waals surface area contributed by atoms with Gasteiger partial charge in [-0.25, -0.2) is 8.78 Å². The van der Waals surface area contributed by atoms with Gasteiger partial charge in [-0.3, -0.25) is 0 Å². The van der Waals surface area contributed by atoms with E-state index in [2.05, 4.69) is 43.3 Å². The Bertz CT molecular complexity index is 891. The summed E-state index contributed by atoms with van der Waals surface area (Å²) in [5, 5.41) is 1.71. The second kappa shape index (κ2) is 11.6. The van der Waals surface area contributed by atoms with Crippen molar-refractivity contribution in [3.63, 3.8) is 0 Å². The summed E-state index contributed by atoms with van der Waals surface area (Å²) in [6, 6.07) is 20.2. The minimum absolute atomic E-state index is 0.574. The van der Waals surface area contributed by atoms with Crippen LogP contribution in [0.25, 0.3) is 6.08 Å². The van der Waals surface area contributed by atoms with Crippen molar-refractivity contribution in [2.45, 2.75) is 82.8 Å². The lowest BCUT2D eigenvalue weighted by molar-refractivity contribution is 0.208. The number of allylic oxidation sites excluding steroid dienone is 1. The first-order chi connectivity index (χ1) is 16.1. The summed E-state index contributed by atoms with van der Waals surface area (Å²) in [4.78, 5) is 0. The maximum atomic E-state index is 13.4. The van der Waals surface area contributed by atoms with Gasteiger partial charge in [0, 0.05) is 0 Å². The van der Waals surface area contributed by atoms with Crippen LogP contribution in [0.5, 0.6) is 0 Å². The van der Waals surface area contributed by atoms with E-state index < -0.39 is 19.7 Å². The largest absolute Gasteiger partial charge is 0.204 e. The van der Waals surface area contributed by atoms with Gasteiger partial charge in [-0.2, -0.15) is 0 Å². The average Bonchev–Trinajstić information content (AvgIpc) is 2.86. The minimum Gasteiger partial charge on any atom is -0.204 e. The molecule has 0 spiro atoms. The lowest BCUT2D eigenvalue weighted by Gasteiger charge is -2.43. The van der Waals surface area contributed by atoms with Crippen LogP contribution < -0.4 is 5.19 Å². The van der Waals surface area contributed by atoms with Gasteiger partial charge < -0.3 is 0 Å². The topological polar surface area (TPSA) is 0 Å². The highest BCUT2D eigenvalue weighted by molar-refractivity contribution is 6.92. The number of hydrogen-bond acceptors (Lipinski definition) is 0. The Labute approximate surface area is 200 Å². The van der Waals surface area contributed by atoms with Crippen LogP contribution in [0, 0.1) is 29.4 Å². The van der Waals surface area contributed by atoms with Crippen molar-refractivity contribution in [3.05, 3.63) is 71.8 Å². The summed E-state index contributed by atoms with van der Waals surface area (Å²) in [6.07, 6.45) is 16.3. The standard InChI is InChI=1S/C30H40F2Si/c1-2-3-7-20-33(28-8-5-4-6-9-28)21-18-27(19-22-33)26-15-12-24(13-16-26)10-11-25-14-17-29(31)30(32)23-25/h4-6,8-11,14,17,23-24,26-27H,2-3,7,12-13,15-16,18-22H2,1H3/t24-,26-,27?,33?. The van der Waals surface area contributed by atoms with E-state index in [-0.39, 0.29) is 0 Å². The number of rotatable bonds is 8. The van der Waals surface area contributed by atoms with E-state index >= 15 is 0 Å². The fourth-order valence-electron chi connectivity index (χ4n) is 6.52. The molecule has 0 N–H and O–H groups in total. The Morgan fingerprint density at radius 3 is 2.18 bits per heavy atom. The summed E-state index contributed by atoms with van der Waals surface area (Å²) in [5.74, 6) is 0.838. The maximum absolute atomic E-state index is 13.4. The molecule has 0 aromatic heterocycles. The van der Waals surface area contributed by atoms with Crippen LogP contribution in [0.4, 0.5) is 8.78 Å². The molecule has 0 atom stereocenters. The van der Waals surface area contributed by atoms with Gasteiger partial charge in [-0.1, -0.05) is 111 Å². The maximum Gasteiger partial charge on any atom is 0.159 e. The number of hydrogen-bond donors (Lipinski definition) is 0. The molecule has 1 saturated carbocycles. The zero-order valence-electron chi connectivity index (χ0n) is 20.2. The average molecular weight is 467 g/mol. The monoisotopic (exact) mass is 466 g/mol. The van der Waals surface area contributed by atoms with Crippen molar-refractivity contribution >= 4 is 19.3 Å². The predicted molar refractivity (Wildman–Crippen MR) is 139 cm³/mol. The summed E-state index contributed by atoms with van der Waals surface area (Å²) in [7, 11) is -1.34. The number of halogens is 2. The molecule has 0 bridgehead atoms. The van der Waals surface area contributed by atoms with Crippen LogP contribution in [0.3, 0.4) is 0 Å². The van der Waals surface area contributed by atoms with Crippen LogP contribution in [-0.4, -0.2) is 8.07 Å². The lowest BCUT2D eigenvalue weighted by atomic mass is 9.74. The van der Waals surface area contributed by atoms with Gasteiger partial charge in [0.25, 0.3) is 0 Å². The van der Waals surface area contributed by atoms with Crippen LogP contribution in [0.2, 0.25) is 18.1 Å². The van der Waals surface area contributed by atoms with E-state index in [4.69, 9.17) is 0 Å². The van der Waals surface area contributed by atoms with E-state index in [1.54, 1.807) is 11.3 Å². The fraction of sp³-hybridized carbons (Fsp3) is 0.533. The summed E-state index contributed by atoms with van der Waals surface area (Å²) < 4.78 is 26.6. The first-order valence-corrected chi connectivity index (χ1v) is 15.9. The van der Waals surface area contributed by atoms with Crippen LogP contribution in [0.1, 0.15) is 70.3 Å². The van der Waals surface area contributed by atoms with Gasteiger partial charge in [-0.05, 0) is 61.1 Å². The van der Waals surface area contributed by atoms with Crippen molar-refractivity contribution in [2.75, 3.05) is 0 Å². The molecule has 3 heteroatoms. The smallest absolute Gasteiger partial charge is 0.159 e. The van der Waals surface area contributed by atoms with Crippen LogP contribution in [-0.2, 0) is 0 Å². The molecule has 0 unspecified atom stereocenters. The Balaban J connectivity index is 1.30. The number of unbranched alkanes of at least 4 members (excludes halogenated alkanes) is 2. The summed E-state index contributed by atoms with van der Waals surface area (Å²) in [6.45, 7) is 2.32. The molecule has 2 aliphatic rings. The Morgan fingerprint density at radius 1 is 0.818 bits per heavy atom. The van der Waals surface area contributed by atoms with Crippen molar-refractivity contribution < 1.29 is 8.78 Å². The molecule has 0 nitrogen and oxygen atoms in total. The highest BCUT2D eigenvalue weighted by atomic mass is 28.3. The van der Waals surface area contributed by atoms with E-state index in [9.17, 15) is 8.78 Å². The molecule has 33 heavy (non-hydrogen) atoms. The SMILES string of the molecule is CCCCC[Si]1(c2ccccc2)CCC([C@H]2CC[C@H](C=Cc3ccc(F)c(F)c3)CC2)CC1. The van der Waals surface area contributed by atoms with Gasteiger partial charge in [0.05, 0.1) is 8.07 Å². The molecule has 178 valence electrons. The zero-order chi connectivity index (χ0) is 23.1. The second-order valence-corrected chi connectivity index (χ2v) is 15.3. The van der Waals surface area contributed by atoms with E-state index in [1.165, 1.54) is 88.1 Å². The van der Waals surface area contributed by atoms with Gasteiger partial charge in [0.15, 0.2) is 11.6 Å². The highest BCUT2D eigenvalue weighted by Gasteiger charge is 2.40. The molecular formula is C30H40F2Si.